The molecule has 0 saturated carbocycles. The van der Waals surface area contributed by atoms with Crippen LogP contribution in [0.3, 0.4) is 0 Å². The Balaban J connectivity index is 1.57. The molecule has 0 unspecified atom stereocenters. The molecular weight excluding hydrogens is 296 g/mol. The zero-order valence-corrected chi connectivity index (χ0v) is 13.7. The van der Waals surface area contributed by atoms with Crippen molar-refractivity contribution in [2.45, 2.75) is 26.9 Å². The summed E-state index contributed by atoms with van der Waals surface area (Å²) in [4.78, 5) is 18.9. The minimum atomic E-state index is -0.414. The van der Waals surface area contributed by atoms with Gasteiger partial charge in [-0.25, -0.2) is 5.06 Å². The number of rotatable bonds is 5. The Labute approximate surface area is 134 Å². The van der Waals surface area contributed by atoms with Crippen LogP contribution in [0, 0.1) is 5.41 Å². The summed E-state index contributed by atoms with van der Waals surface area (Å²) >= 11 is 1.74. The Hall–Kier alpha value is -1.85. The number of carbonyl (C=O) groups excluding carboxylic acids is 1. The van der Waals surface area contributed by atoms with Crippen molar-refractivity contribution in [2.75, 3.05) is 11.9 Å². The number of amides is 1. The van der Waals surface area contributed by atoms with E-state index in [1.807, 2.05) is 38.1 Å². The summed E-state index contributed by atoms with van der Waals surface area (Å²) in [6.45, 7) is 5.60. The highest BCUT2D eigenvalue weighted by molar-refractivity contribution is 7.09. The third-order valence-corrected chi connectivity index (χ3v) is 4.59. The maximum atomic E-state index is 12.1. The van der Waals surface area contributed by atoms with Crippen LogP contribution in [0.2, 0.25) is 0 Å². The summed E-state index contributed by atoms with van der Waals surface area (Å²) in [7, 11) is 0. The number of carbonyl (C=O) groups is 1. The highest BCUT2D eigenvalue weighted by Gasteiger charge is 2.40. The lowest BCUT2D eigenvalue weighted by Crippen LogP contribution is -2.30. The van der Waals surface area contributed by atoms with Crippen molar-refractivity contribution < 1.29 is 9.63 Å². The molecule has 1 aromatic carbocycles. The van der Waals surface area contributed by atoms with Crippen LogP contribution >= 0.6 is 11.3 Å². The molecule has 1 aromatic heterocycles. The molecule has 1 amide bonds. The van der Waals surface area contributed by atoms with E-state index in [0.29, 0.717) is 13.2 Å². The maximum absolute atomic E-state index is 12.1. The molecule has 2 aromatic rings. The zero-order valence-electron chi connectivity index (χ0n) is 12.8. The summed E-state index contributed by atoms with van der Waals surface area (Å²) in [5.74, 6) is 0.0485. The molecule has 0 radical (unpaired) electrons. The number of thiophene rings is 1. The number of hydrogen-bond acceptors (Lipinski definition) is 4. The Kier molecular flexibility index (Phi) is 4.18. The molecule has 2 heterocycles. The van der Waals surface area contributed by atoms with Crippen LogP contribution < -0.4 is 5.32 Å². The molecule has 5 heteroatoms. The molecule has 22 heavy (non-hydrogen) atoms. The normalized spacial score (nSPS) is 17.0. The van der Waals surface area contributed by atoms with Gasteiger partial charge in [0, 0.05) is 17.1 Å². The fourth-order valence-electron chi connectivity index (χ4n) is 2.31. The van der Waals surface area contributed by atoms with Gasteiger partial charge in [-0.1, -0.05) is 18.2 Å². The molecule has 0 aliphatic carbocycles. The lowest BCUT2D eigenvalue weighted by Gasteiger charge is -2.16. The van der Waals surface area contributed by atoms with Crippen LogP contribution in [-0.4, -0.2) is 17.6 Å². The van der Waals surface area contributed by atoms with Crippen molar-refractivity contribution in [1.82, 2.24) is 5.06 Å². The minimum Gasteiger partial charge on any atom is -0.380 e. The van der Waals surface area contributed by atoms with E-state index in [-0.39, 0.29) is 5.91 Å². The summed E-state index contributed by atoms with van der Waals surface area (Å²) < 4.78 is 0. The van der Waals surface area contributed by atoms with Gasteiger partial charge in [-0.2, -0.15) is 0 Å². The maximum Gasteiger partial charge on any atom is 0.254 e. The molecular formula is C17H20N2O2S. The Bertz CT molecular complexity index is 635. The topological polar surface area (TPSA) is 41.6 Å². The van der Waals surface area contributed by atoms with Crippen molar-refractivity contribution in [2.24, 2.45) is 5.41 Å². The van der Waals surface area contributed by atoms with Crippen molar-refractivity contribution >= 4 is 22.9 Å². The Morgan fingerprint density at radius 2 is 2.05 bits per heavy atom. The van der Waals surface area contributed by atoms with Gasteiger partial charge in [0.2, 0.25) is 0 Å². The third kappa shape index (κ3) is 3.31. The fourth-order valence-corrected chi connectivity index (χ4v) is 2.96. The van der Waals surface area contributed by atoms with Gasteiger partial charge in [-0.15, -0.1) is 11.3 Å². The summed E-state index contributed by atoms with van der Waals surface area (Å²) in [6.07, 6.45) is 0. The first-order valence-corrected chi connectivity index (χ1v) is 8.23. The highest BCUT2D eigenvalue weighted by Crippen LogP contribution is 2.28. The van der Waals surface area contributed by atoms with Gasteiger partial charge in [-0.3, -0.25) is 9.63 Å². The average Bonchev–Trinajstić information content (AvgIpc) is 3.11. The second-order valence-corrected chi connectivity index (χ2v) is 7.16. The smallest absolute Gasteiger partial charge is 0.254 e. The molecule has 0 atom stereocenters. The Morgan fingerprint density at radius 3 is 2.64 bits per heavy atom. The van der Waals surface area contributed by atoms with Crippen LogP contribution in [0.1, 0.15) is 24.3 Å². The summed E-state index contributed by atoms with van der Waals surface area (Å²) in [5, 5.41) is 6.93. The number of nitrogens with one attached hydrogen (secondary N) is 1. The third-order valence-electron chi connectivity index (χ3n) is 3.71. The first kappa shape index (κ1) is 15.1. The largest absolute Gasteiger partial charge is 0.380 e. The lowest BCUT2D eigenvalue weighted by atomic mass is 9.95. The van der Waals surface area contributed by atoms with E-state index in [1.54, 1.807) is 11.3 Å². The molecule has 0 spiro atoms. The van der Waals surface area contributed by atoms with Crippen LogP contribution in [0.25, 0.3) is 0 Å². The highest BCUT2D eigenvalue weighted by atomic mass is 32.1. The van der Waals surface area contributed by atoms with Crippen molar-refractivity contribution in [3.8, 4) is 0 Å². The van der Waals surface area contributed by atoms with Gasteiger partial charge in [0.05, 0.1) is 18.6 Å². The Morgan fingerprint density at radius 1 is 1.27 bits per heavy atom. The van der Waals surface area contributed by atoms with Crippen molar-refractivity contribution in [3.63, 3.8) is 0 Å². The second kappa shape index (κ2) is 6.10. The fraction of sp³-hybridized carbons (Fsp3) is 0.353. The number of nitrogens with zero attached hydrogens (tertiary/aromatic N) is 1. The van der Waals surface area contributed by atoms with E-state index in [9.17, 15) is 4.79 Å². The van der Waals surface area contributed by atoms with Gasteiger partial charge in [0.25, 0.3) is 5.91 Å². The molecule has 3 rings (SSSR count). The van der Waals surface area contributed by atoms with Crippen molar-refractivity contribution in [1.29, 1.82) is 0 Å². The molecule has 116 valence electrons. The van der Waals surface area contributed by atoms with Crippen LogP contribution in [0.5, 0.6) is 0 Å². The van der Waals surface area contributed by atoms with Gasteiger partial charge >= 0.3 is 0 Å². The standard InChI is InChI=1S/C17H20N2O2S/c1-17(2)12-21-19(16(17)20)11-13-5-7-14(8-6-13)18-10-15-4-3-9-22-15/h3-9,18H,10-12H2,1-2H3. The van der Waals surface area contributed by atoms with Crippen LogP contribution in [0.4, 0.5) is 5.69 Å². The van der Waals surface area contributed by atoms with E-state index in [2.05, 4.69) is 22.8 Å². The molecule has 1 fully saturated rings. The molecule has 0 bridgehead atoms. The molecule has 1 saturated heterocycles. The van der Waals surface area contributed by atoms with Gasteiger partial charge in [0.15, 0.2) is 0 Å². The quantitative estimate of drug-likeness (QED) is 0.915. The monoisotopic (exact) mass is 316 g/mol. The number of hydroxylamine groups is 2. The van der Waals surface area contributed by atoms with Crippen LogP contribution in [0.15, 0.2) is 41.8 Å². The molecule has 1 aliphatic heterocycles. The molecule has 1 N–H and O–H groups in total. The van der Waals surface area contributed by atoms with E-state index in [0.717, 1.165) is 17.8 Å². The second-order valence-electron chi connectivity index (χ2n) is 6.13. The van der Waals surface area contributed by atoms with Gasteiger partial charge in [0.1, 0.15) is 0 Å². The van der Waals surface area contributed by atoms with Crippen LogP contribution in [-0.2, 0) is 22.7 Å². The minimum absolute atomic E-state index is 0.0485. The number of benzene rings is 1. The average molecular weight is 316 g/mol. The number of hydrogen-bond donors (Lipinski definition) is 1. The van der Waals surface area contributed by atoms with Gasteiger partial charge in [-0.05, 0) is 43.0 Å². The van der Waals surface area contributed by atoms with E-state index < -0.39 is 5.41 Å². The van der Waals surface area contributed by atoms with Gasteiger partial charge < -0.3 is 5.32 Å². The summed E-state index contributed by atoms with van der Waals surface area (Å²) in [5.41, 5.74) is 1.72. The predicted octanol–water partition coefficient (Wildman–Crippen LogP) is 3.66. The zero-order chi connectivity index (χ0) is 15.6. The van der Waals surface area contributed by atoms with Crippen molar-refractivity contribution in [3.05, 3.63) is 52.2 Å². The first-order chi connectivity index (χ1) is 10.5. The number of anilines is 1. The molecule has 4 nitrogen and oxygen atoms in total. The first-order valence-electron chi connectivity index (χ1n) is 7.35. The predicted molar refractivity (Wildman–Crippen MR) is 88.4 cm³/mol. The SMILES string of the molecule is CC1(C)CON(Cc2ccc(NCc3cccs3)cc2)C1=O. The van der Waals surface area contributed by atoms with E-state index in [1.165, 1.54) is 9.94 Å². The molecule has 1 aliphatic rings. The van der Waals surface area contributed by atoms with E-state index >= 15 is 0 Å². The summed E-state index contributed by atoms with van der Waals surface area (Å²) in [6, 6.07) is 12.3. The lowest BCUT2D eigenvalue weighted by molar-refractivity contribution is -0.165. The van der Waals surface area contributed by atoms with E-state index in [4.69, 9.17) is 4.84 Å².